The van der Waals surface area contributed by atoms with Crippen LogP contribution in [0.5, 0.6) is 0 Å². The number of amides is 1. The van der Waals surface area contributed by atoms with Crippen molar-refractivity contribution >= 4 is 17.3 Å². The van der Waals surface area contributed by atoms with Crippen molar-refractivity contribution < 1.29 is 9.18 Å². The van der Waals surface area contributed by atoms with Crippen LogP contribution in [0.4, 0.5) is 15.8 Å². The Morgan fingerprint density at radius 1 is 1.44 bits per heavy atom. The molecule has 0 saturated carbocycles. The topological polar surface area (TPSA) is 81.1 Å². The van der Waals surface area contributed by atoms with Crippen LogP contribution in [0.2, 0.25) is 0 Å². The van der Waals surface area contributed by atoms with Crippen LogP contribution in [-0.2, 0) is 4.79 Å². The number of halogens is 1. The Hall–Kier alpha value is -1.78. The number of anilines is 2. The van der Waals surface area contributed by atoms with Crippen LogP contribution in [0.15, 0.2) is 18.2 Å². The predicted octanol–water partition coefficient (Wildman–Crippen LogP) is 1.33. The summed E-state index contributed by atoms with van der Waals surface area (Å²) in [6.45, 7) is 3.69. The fourth-order valence-electron chi connectivity index (χ4n) is 1.39. The van der Waals surface area contributed by atoms with Crippen LogP contribution < -0.4 is 16.8 Å². The van der Waals surface area contributed by atoms with E-state index in [9.17, 15) is 9.18 Å². The number of hydrogen-bond donors (Lipinski definition) is 3. The monoisotopic (exact) mass is 225 g/mol. The number of nitrogens with one attached hydrogen (secondary N) is 1. The third-order valence-corrected chi connectivity index (χ3v) is 2.30. The summed E-state index contributed by atoms with van der Waals surface area (Å²) in [6.07, 6.45) is 0. The number of carbonyl (C=O) groups excluding carboxylic acids is 1. The van der Waals surface area contributed by atoms with Gasteiger partial charge in [0.15, 0.2) is 0 Å². The van der Waals surface area contributed by atoms with Gasteiger partial charge < -0.3 is 16.8 Å². The Balaban J connectivity index is 2.93. The molecule has 0 radical (unpaired) electrons. The number of hydrogen-bond acceptors (Lipinski definition) is 3. The molecule has 0 bridgehead atoms. The smallest absolute Gasteiger partial charge is 0.240 e. The van der Waals surface area contributed by atoms with Gasteiger partial charge in [-0.2, -0.15) is 0 Å². The molecule has 5 N–H and O–H groups in total. The summed E-state index contributed by atoms with van der Waals surface area (Å²) < 4.78 is 13.0. The van der Waals surface area contributed by atoms with Crippen LogP contribution in [-0.4, -0.2) is 11.9 Å². The van der Waals surface area contributed by atoms with Crippen LogP contribution in [0.3, 0.4) is 0 Å². The van der Waals surface area contributed by atoms with Crippen molar-refractivity contribution in [3.63, 3.8) is 0 Å². The molecule has 88 valence electrons. The van der Waals surface area contributed by atoms with Gasteiger partial charge in [0.1, 0.15) is 11.9 Å². The van der Waals surface area contributed by atoms with Gasteiger partial charge in [0.25, 0.3) is 0 Å². The van der Waals surface area contributed by atoms with Gasteiger partial charge >= 0.3 is 0 Å². The van der Waals surface area contributed by atoms with E-state index in [1.54, 1.807) is 0 Å². The lowest BCUT2D eigenvalue weighted by Gasteiger charge is -2.21. The van der Waals surface area contributed by atoms with E-state index in [-0.39, 0.29) is 5.92 Å². The molecule has 1 unspecified atom stereocenters. The van der Waals surface area contributed by atoms with Crippen LogP contribution in [0.25, 0.3) is 0 Å². The molecule has 0 spiro atoms. The third-order valence-electron chi connectivity index (χ3n) is 2.30. The molecule has 0 saturated heterocycles. The van der Waals surface area contributed by atoms with Crippen molar-refractivity contribution in [3.8, 4) is 0 Å². The fraction of sp³-hybridized carbons (Fsp3) is 0.364. The molecule has 1 aromatic carbocycles. The van der Waals surface area contributed by atoms with Crippen molar-refractivity contribution in [2.45, 2.75) is 19.9 Å². The highest BCUT2D eigenvalue weighted by molar-refractivity contribution is 5.84. The van der Waals surface area contributed by atoms with Crippen LogP contribution >= 0.6 is 0 Å². The van der Waals surface area contributed by atoms with Gasteiger partial charge in [-0.05, 0) is 24.1 Å². The number of benzene rings is 1. The van der Waals surface area contributed by atoms with E-state index in [0.29, 0.717) is 11.4 Å². The minimum Gasteiger partial charge on any atom is -0.397 e. The van der Waals surface area contributed by atoms with Crippen molar-refractivity contribution in [1.29, 1.82) is 0 Å². The number of nitrogen functional groups attached to an aromatic ring is 1. The molecular weight excluding hydrogens is 209 g/mol. The highest BCUT2D eigenvalue weighted by atomic mass is 19.1. The molecule has 5 heteroatoms. The highest BCUT2D eigenvalue weighted by Gasteiger charge is 2.19. The maximum Gasteiger partial charge on any atom is 0.240 e. The molecule has 1 atom stereocenters. The minimum atomic E-state index is -0.566. The van der Waals surface area contributed by atoms with Crippen LogP contribution in [0, 0.1) is 11.7 Å². The first-order chi connectivity index (χ1) is 7.41. The van der Waals surface area contributed by atoms with Gasteiger partial charge in [-0.1, -0.05) is 13.8 Å². The molecule has 0 aliphatic rings. The number of carbonyl (C=O) groups is 1. The summed E-state index contributed by atoms with van der Waals surface area (Å²) in [4.78, 5) is 11.2. The van der Waals surface area contributed by atoms with E-state index in [0.717, 1.165) is 0 Å². The largest absolute Gasteiger partial charge is 0.397 e. The summed E-state index contributed by atoms with van der Waals surface area (Å²) in [5, 5.41) is 2.85. The molecule has 0 aromatic heterocycles. The Kier molecular flexibility index (Phi) is 3.71. The lowest BCUT2D eigenvalue weighted by molar-refractivity contribution is -0.119. The van der Waals surface area contributed by atoms with E-state index < -0.39 is 17.8 Å². The summed E-state index contributed by atoms with van der Waals surface area (Å²) in [5.74, 6) is -0.900. The Morgan fingerprint density at radius 2 is 2.06 bits per heavy atom. The van der Waals surface area contributed by atoms with E-state index in [1.165, 1.54) is 18.2 Å². The summed E-state index contributed by atoms with van der Waals surface area (Å²) in [6, 6.07) is 3.38. The van der Waals surface area contributed by atoms with Crippen molar-refractivity contribution in [2.75, 3.05) is 11.1 Å². The molecule has 1 amide bonds. The van der Waals surface area contributed by atoms with Crippen molar-refractivity contribution in [2.24, 2.45) is 11.7 Å². The van der Waals surface area contributed by atoms with Crippen molar-refractivity contribution in [3.05, 3.63) is 24.0 Å². The second kappa shape index (κ2) is 4.83. The third kappa shape index (κ3) is 2.85. The molecule has 0 aliphatic heterocycles. The average molecular weight is 225 g/mol. The maximum absolute atomic E-state index is 13.0. The number of nitrogens with two attached hydrogens (primary N) is 2. The standard InChI is InChI=1S/C11H16FN3O/c1-6(2)10(11(14)16)15-9-5-7(12)3-4-8(9)13/h3-6,10,15H,13H2,1-2H3,(H2,14,16). The zero-order valence-electron chi connectivity index (χ0n) is 9.33. The highest BCUT2D eigenvalue weighted by Crippen LogP contribution is 2.21. The van der Waals surface area contributed by atoms with Gasteiger partial charge in [-0.3, -0.25) is 4.79 Å². The van der Waals surface area contributed by atoms with E-state index in [4.69, 9.17) is 11.5 Å². The summed E-state index contributed by atoms with van der Waals surface area (Å²) in [7, 11) is 0. The molecule has 0 heterocycles. The Morgan fingerprint density at radius 3 is 2.56 bits per heavy atom. The molecular formula is C11H16FN3O. The van der Waals surface area contributed by atoms with Gasteiger partial charge in [-0.25, -0.2) is 4.39 Å². The SMILES string of the molecule is CC(C)C(Nc1cc(F)ccc1N)C(N)=O. The average Bonchev–Trinajstić information content (AvgIpc) is 2.18. The minimum absolute atomic E-state index is 0.000155. The second-order valence-corrected chi connectivity index (χ2v) is 4.00. The molecule has 0 fully saturated rings. The van der Waals surface area contributed by atoms with E-state index in [1.807, 2.05) is 13.8 Å². The lowest BCUT2D eigenvalue weighted by atomic mass is 10.0. The number of primary amides is 1. The second-order valence-electron chi connectivity index (χ2n) is 4.00. The van der Waals surface area contributed by atoms with E-state index >= 15 is 0 Å². The van der Waals surface area contributed by atoms with Crippen molar-refractivity contribution in [1.82, 2.24) is 0 Å². The van der Waals surface area contributed by atoms with Gasteiger partial charge in [0.05, 0.1) is 11.4 Å². The summed E-state index contributed by atoms with van der Waals surface area (Å²) >= 11 is 0. The van der Waals surface area contributed by atoms with Gasteiger partial charge in [-0.15, -0.1) is 0 Å². The van der Waals surface area contributed by atoms with E-state index in [2.05, 4.69) is 5.32 Å². The molecule has 16 heavy (non-hydrogen) atoms. The van der Waals surface area contributed by atoms with Gasteiger partial charge in [0.2, 0.25) is 5.91 Å². The summed E-state index contributed by atoms with van der Waals surface area (Å²) in [5.41, 5.74) is 11.7. The maximum atomic E-state index is 13.0. The van der Waals surface area contributed by atoms with Gasteiger partial charge in [0, 0.05) is 0 Å². The first kappa shape index (κ1) is 12.3. The Bertz CT molecular complexity index is 393. The lowest BCUT2D eigenvalue weighted by Crippen LogP contribution is -2.39. The first-order valence-electron chi connectivity index (χ1n) is 5.02. The fourth-order valence-corrected chi connectivity index (χ4v) is 1.39. The zero-order chi connectivity index (χ0) is 12.3. The Labute approximate surface area is 93.8 Å². The normalized spacial score (nSPS) is 12.5. The molecule has 4 nitrogen and oxygen atoms in total. The van der Waals surface area contributed by atoms with Crippen LogP contribution in [0.1, 0.15) is 13.8 Å². The first-order valence-corrected chi connectivity index (χ1v) is 5.02. The predicted molar refractivity (Wildman–Crippen MR) is 62.3 cm³/mol. The zero-order valence-corrected chi connectivity index (χ0v) is 9.33. The molecule has 1 aromatic rings. The quantitative estimate of drug-likeness (QED) is 0.676. The number of rotatable bonds is 4. The molecule has 1 rings (SSSR count). The molecule has 0 aliphatic carbocycles.